The number of carbonyl (C=O) groups excluding carboxylic acids is 1. The number of amides is 1. The lowest BCUT2D eigenvalue weighted by atomic mass is 9.82. The highest BCUT2D eigenvalue weighted by Gasteiger charge is 2.35. The maximum atomic E-state index is 12.2. The fourth-order valence-corrected chi connectivity index (χ4v) is 2.77. The minimum atomic E-state index is -0.888. The van der Waals surface area contributed by atoms with Crippen LogP contribution < -0.4 is 5.32 Å². The summed E-state index contributed by atoms with van der Waals surface area (Å²) in [6.45, 7) is 3.38. The number of carbonyl (C=O) groups is 2. The molecule has 0 aromatic carbocycles. The second-order valence-electron chi connectivity index (χ2n) is 5.41. The Labute approximate surface area is 113 Å². The molecule has 1 fully saturated rings. The van der Waals surface area contributed by atoms with Gasteiger partial charge in [-0.15, -0.1) is 0 Å². The first-order valence-electron chi connectivity index (χ1n) is 6.85. The maximum absolute atomic E-state index is 12.2. The van der Waals surface area contributed by atoms with Crippen LogP contribution in [-0.4, -0.2) is 36.2 Å². The average Bonchev–Trinajstić information content (AvgIpc) is 2.92. The molecular weight excluding hydrogens is 246 g/mol. The van der Waals surface area contributed by atoms with Gasteiger partial charge < -0.3 is 15.2 Å². The Kier molecular flexibility index (Phi) is 4.58. The molecule has 0 aromatic heterocycles. The third-order valence-corrected chi connectivity index (χ3v) is 4.13. The summed E-state index contributed by atoms with van der Waals surface area (Å²) < 4.78 is 5.31. The van der Waals surface area contributed by atoms with Crippen LogP contribution in [0.15, 0.2) is 12.2 Å². The van der Waals surface area contributed by atoms with Crippen LogP contribution in [0.2, 0.25) is 0 Å². The van der Waals surface area contributed by atoms with Crippen molar-refractivity contribution in [2.45, 2.75) is 32.2 Å². The molecule has 5 nitrogen and oxygen atoms in total. The molecule has 0 saturated carbocycles. The average molecular weight is 267 g/mol. The SMILES string of the molecule is CC(NC(=O)[C@@H]1CC=CC[C@@H]1C(=O)O)C1CCOC1. The Morgan fingerprint density at radius 1 is 1.32 bits per heavy atom. The van der Waals surface area contributed by atoms with E-state index in [0.717, 1.165) is 13.0 Å². The molecule has 0 radical (unpaired) electrons. The van der Waals surface area contributed by atoms with E-state index in [1.807, 2.05) is 19.1 Å². The Balaban J connectivity index is 1.94. The van der Waals surface area contributed by atoms with Gasteiger partial charge in [0.1, 0.15) is 0 Å². The quantitative estimate of drug-likeness (QED) is 0.750. The maximum Gasteiger partial charge on any atom is 0.307 e. The Morgan fingerprint density at radius 3 is 2.58 bits per heavy atom. The Bertz CT molecular complexity index is 374. The highest BCUT2D eigenvalue weighted by Crippen LogP contribution is 2.26. The fourth-order valence-electron chi connectivity index (χ4n) is 2.77. The van der Waals surface area contributed by atoms with Crippen LogP contribution in [0.1, 0.15) is 26.2 Å². The third-order valence-electron chi connectivity index (χ3n) is 4.13. The molecule has 4 atom stereocenters. The number of carboxylic acids is 1. The highest BCUT2D eigenvalue weighted by molar-refractivity contribution is 5.85. The van der Waals surface area contributed by atoms with Crippen LogP contribution >= 0.6 is 0 Å². The smallest absolute Gasteiger partial charge is 0.307 e. The summed E-state index contributed by atoms with van der Waals surface area (Å²) in [6, 6.07) is 0.0374. The van der Waals surface area contributed by atoms with Crippen molar-refractivity contribution in [3.05, 3.63) is 12.2 Å². The van der Waals surface area contributed by atoms with Crippen molar-refractivity contribution in [3.63, 3.8) is 0 Å². The Morgan fingerprint density at radius 2 is 2.00 bits per heavy atom. The molecule has 106 valence electrons. The molecule has 1 aliphatic carbocycles. The van der Waals surface area contributed by atoms with Gasteiger partial charge in [-0.3, -0.25) is 9.59 Å². The third kappa shape index (κ3) is 3.35. The van der Waals surface area contributed by atoms with Crippen LogP contribution in [0.3, 0.4) is 0 Å². The summed E-state index contributed by atoms with van der Waals surface area (Å²) in [4.78, 5) is 23.4. The fraction of sp³-hybridized carbons (Fsp3) is 0.714. The molecule has 0 aromatic rings. The van der Waals surface area contributed by atoms with E-state index in [9.17, 15) is 9.59 Å². The molecule has 0 spiro atoms. The van der Waals surface area contributed by atoms with Crippen molar-refractivity contribution < 1.29 is 19.4 Å². The van der Waals surface area contributed by atoms with E-state index in [-0.39, 0.29) is 11.9 Å². The highest BCUT2D eigenvalue weighted by atomic mass is 16.5. The second-order valence-corrected chi connectivity index (χ2v) is 5.41. The number of carboxylic acid groups (broad SMARTS) is 1. The van der Waals surface area contributed by atoms with Gasteiger partial charge in [0.15, 0.2) is 0 Å². The van der Waals surface area contributed by atoms with Crippen LogP contribution in [0, 0.1) is 17.8 Å². The molecule has 1 saturated heterocycles. The van der Waals surface area contributed by atoms with Gasteiger partial charge in [0.05, 0.1) is 18.4 Å². The van der Waals surface area contributed by atoms with E-state index < -0.39 is 17.8 Å². The standard InChI is InChI=1S/C14H21NO4/c1-9(10-6-7-19-8-10)15-13(16)11-4-2-3-5-12(11)14(17)18/h2-3,9-12H,4-8H2,1H3,(H,15,16)(H,17,18)/t9?,10?,11-,12+/m1/s1. The van der Waals surface area contributed by atoms with Crippen LogP contribution in [-0.2, 0) is 14.3 Å². The van der Waals surface area contributed by atoms with Crippen molar-refractivity contribution in [2.24, 2.45) is 17.8 Å². The molecule has 19 heavy (non-hydrogen) atoms. The van der Waals surface area contributed by atoms with Crippen molar-refractivity contribution in [3.8, 4) is 0 Å². The molecule has 2 N–H and O–H groups in total. The number of allylic oxidation sites excluding steroid dienone is 2. The van der Waals surface area contributed by atoms with Gasteiger partial charge in [-0.2, -0.15) is 0 Å². The zero-order chi connectivity index (χ0) is 13.8. The zero-order valence-electron chi connectivity index (χ0n) is 11.2. The van der Waals surface area contributed by atoms with E-state index in [0.29, 0.717) is 25.4 Å². The molecule has 0 bridgehead atoms. The summed E-state index contributed by atoms with van der Waals surface area (Å²) in [5.41, 5.74) is 0. The van der Waals surface area contributed by atoms with E-state index in [2.05, 4.69) is 5.32 Å². The first-order chi connectivity index (χ1) is 9.09. The van der Waals surface area contributed by atoms with Gasteiger partial charge in [0, 0.05) is 18.6 Å². The summed E-state index contributed by atoms with van der Waals surface area (Å²) in [5, 5.41) is 12.1. The van der Waals surface area contributed by atoms with Gasteiger partial charge in [0.25, 0.3) is 0 Å². The van der Waals surface area contributed by atoms with Gasteiger partial charge >= 0.3 is 5.97 Å². The Hall–Kier alpha value is -1.36. The summed E-state index contributed by atoms with van der Waals surface area (Å²) in [6.07, 6.45) is 5.64. The van der Waals surface area contributed by atoms with E-state index >= 15 is 0 Å². The van der Waals surface area contributed by atoms with E-state index in [1.165, 1.54) is 0 Å². The second kappa shape index (κ2) is 6.19. The van der Waals surface area contributed by atoms with Crippen molar-refractivity contribution >= 4 is 11.9 Å². The van der Waals surface area contributed by atoms with Crippen molar-refractivity contribution in [2.75, 3.05) is 13.2 Å². The van der Waals surface area contributed by atoms with Crippen LogP contribution in [0.4, 0.5) is 0 Å². The normalized spacial score (nSPS) is 31.9. The topological polar surface area (TPSA) is 75.6 Å². The zero-order valence-corrected chi connectivity index (χ0v) is 11.2. The molecule has 1 aliphatic heterocycles. The van der Waals surface area contributed by atoms with Gasteiger partial charge in [-0.05, 0) is 26.2 Å². The molecule has 1 heterocycles. The van der Waals surface area contributed by atoms with Crippen molar-refractivity contribution in [1.82, 2.24) is 5.32 Å². The number of hydrogen-bond acceptors (Lipinski definition) is 3. The number of ether oxygens (including phenoxy) is 1. The predicted octanol–water partition coefficient (Wildman–Crippen LogP) is 1.19. The minimum absolute atomic E-state index is 0.0374. The molecule has 2 aliphatic rings. The summed E-state index contributed by atoms with van der Waals surface area (Å²) in [7, 11) is 0. The lowest BCUT2D eigenvalue weighted by Crippen LogP contribution is -2.45. The lowest BCUT2D eigenvalue weighted by Gasteiger charge is -2.27. The number of rotatable bonds is 4. The summed E-state index contributed by atoms with van der Waals surface area (Å²) in [5.74, 6) is -1.74. The van der Waals surface area contributed by atoms with Gasteiger partial charge in [-0.1, -0.05) is 12.2 Å². The molecular formula is C14H21NO4. The van der Waals surface area contributed by atoms with Crippen molar-refractivity contribution in [1.29, 1.82) is 0 Å². The number of nitrogens with one attached hydrogen (secondary N) is 1. The van der Waals surface area contributed by atoms with Gasteiger partial charge in [0.2, 0.25) is 5.91 Å². The van der Waals surface area contributed by atoms with Crippen LogP contribution in [0.25, 0.3) is 0 Å². The van der Waals surface area contributed by atoms with E-state index in [4.69, 9.17) is 9.84 Å². The first kappa shape index (κ1) is 14.1. The largest absolute Gasteiger partial charge is 0.481 e. The lowest BCUT2D eigenvalue weighted by molar-refractivity contribution is -0.147. The minimum Gasteiger partial charge on any atom is -0.481 e. The molecule has 2 rings (SSSR count). The summed E-state index contributed by atoms with van der Waals surface area (Å²) >= 11 is 0. The number of hydrogen-bond donors (Lipinski definition) is 2. The number of aliphatic carboxylic acids is 1. The van der Waals surface area contributed by atoms with Gasteiger partial charge in [-0.25, -0.2) is 0 Å². The molecule has 1 amide bonds. The first-order valence-corrected chi connectivity index (χ1v) is 6.85. The molecule has 2 unspecified atom stereocenters. The van der Waals surface area contributed by atoms with Crippen LogP contribution in [0.5, 0.6) is 0 Å². The molecule has 5 heteroatoms. The monoisotopic (exact) mass is 267 g/mol. The predicted molar refractivity (Wildman–Crippen MR) is 69.5 cm³/mol. The van der Waals surface area contributed by atoms with E-state index in [1.54, 1.807) is 0 Å².